The lowest BCUT2D eigenvalue weighted by Crippen LogP contribution is -2.49. The third-order valence-corrected chi connectivity index (χ3v) is 6.82. The number of nitro groups is 1. The highest BCUT2D eigenvalue weighted by Gasteiger charge is 2.67. The van der Waals surface area contributed by atoms with Crippen molar-refractivity contribution >= 4 is 52.3 Å². The van der Waals surface area contributed by atoms with Crippen molar-refractivity contribution in [2.75, 3.05) is 18.1 Å². The summed E-state index contributed by atoms with van der Waals surface area (Å²) in [7, 11) is 0. The number of hydrogen-bond donors (Lipinski definition) is 1. The number of ether oxygens (including phenoxy) is 2. The molecule has 0 spiro atoms. The molecule has 0 radical (unpaired) electrons. The smallest absolute Gasteiger partial charge is 0.269 e. The number of hydrogen-bond acceptors (Lipinski definition) is 7. The van der Waals surface area contributed by atoms with Crippen LogP contribution in [0.25, 0.3) is 0 Å². The van der Waals surface area contributed by atoms with Crippen LogP contribution in [-0.4, -0.2) is 47.5 Å². The average molecular weight is 518 g/mol. The van der Waals surface area contributed by atoms with Crippen molar-refractivity contribution in [3.8, 4) is 5.75 Å². The Labute approximate surface area is 208 Å². The fraction of sp³-hybridized carbons (Fsp3) is 0.261. The predicted molar refractivity (Wildman–Crippen MR) is 124 cm³/mol. The molecule has 10 nitrogen and oxygen atoms in total. The number of nitro benzene ring substituents is 1. The van der Waals surface area contributed by atoms with E-state index in [1.54, 1.807) is 24.3 Å². The maximum absolute atomic E-state index is 13.3. The summed E-state index contributed by atoms with van der Waals surface area (Å²) in [6, 6.07) is 9.80. The number of anilines is 1. The Kier molecular flexibility index (Phi) is 5.74. The van der Waals surface area contributed by atoms with Crippen LogP contribution in [0, 0.1) is 22.0 Å². The first-order chi connectivity index (χ1) is 16.7. The highest BCUT2D eigenvalue weighted by molar-refractivity contribution is 6.35. The lowest BCUT2D eigenvalue weighted by atomic mass is 9.77. The molecule has 2 fully saturated rings. The summed E-state index contributed by atoms with van der Waals surface area (Å²) in [4.78, 5) is 50.3. The van der Waals surface area contributed by atoms with E-state index in [2.05, 4.69) is 5.32 Å². The summed E-state index contributed by atoms with van der Waals surface area (Å²) in [5, 5.41) is 14.3. The van der Waals surface area contributed by atoms with Gasteiger partial charge in [0.15, 0.2) is 6.61 Å². The Bertz CT molecular complexity index is 1280. The molecule has 2 bridgehead atoms. The number of carbonyl (C=O) groups excluding carboxylic acids is 3. The fourth-order valence-electron chi connectivity index (χ4n) is 4.71. The summed E-state index contributed by atoms with van der Waals surface area (Å²) in [5.41, 5.74) is -1.10. The van der Waals surface area contributed by atoms with Crippen LogP contribution in [-0.2, 0) is 19.1 Å². The van der Waals surface area contributed by atoms with E-state index >= 15 is 0 Å². The number of nitrogens with zero attached hydrogens (tertiary/aromatic N) is 2. The molecule has 3 amide bonds. The van der Waals surface area contributed by atoms with Gasteiger partial charge in [-0.2, -0.15) is 0 Å². The molecule has 5 rings (SSSR count). The molecule has 3 aliphatic rings. The first-order valence-electron chi connectivity index (χ1n) is 10.5. The normalized spacial score (nSPS) is 26.2. The Hall–Kier alpha value is -3.47. The molecule has 3 heterocycles. The van der Waals surface area contributed by atoms with E-state index in [9.17, 15) is 24.5 Å². The third-order valence-electron chi connectivity index (χ3n) is 6.29. The molecule has 4 atom stereocenters. The van der Waals surface area contributed by atoms with E-state index < -0.39 is 46.2 Å². The van der Waals surface area contributed by atoms with Gasteiger partial charge in [0.05, 0.1) is 40.1 Å². The van der Waals surface area contributed by atoms with Gasteiger partial charge in [-0.1, -0.05) is 35.4 Å². The molecule has 2 aromatic carbocycles. The van der Waals surface area contributed by atoms with Gasteiger partial charge in [0, 0.05) is 17.2 Å². The lowest BCUT2D eigenvalue weighted by Gasteiger charge is -2.29. The molecule has 180 valence electrons. The minimum absolute atomic E-state index is 0.0508. The zero-order valence-corrected chi connectivity index (χ0v) is 19.4. The molecule has 0 aliphatic carbocycles. The van der Waals surface area contributed by atoms with Crippen molar-refractivity contribution in [2.24, 2.45) is 11.8 Å². The second-order valence-electron chi connectivity index (χ2n) is 8.33. The highest BCUT2D eigenvalue weighted by Crippen LogP contribution is 2.52. The van der Waals surface area contributed by atoms with E-state index in [0.29, 0.717) is 5.02 Å². The van der Waals surface area contributed by atoms with Crippen LogP contribution in [0.1, 0.15) is 0 Å². The number of imide groups is 1. The number of fused-ring (bicyclic) bond motifs is 5. The molecule has 12 heteroatoms. The van der Waals surface area contributed by atoms with E-state index in [4.69, 9.17) is 32.7 Å². The Morgan fingerprint density at radius 3 is 2.60 bits per heavy atom. The number of benzene rings is 2. The van der Waals surface area contributed by atoms with Crippen LogP contribution in [0.2, 0.25) is 10.0 Å². The Morgan fingerprint density at radius 1 is 1.17 bits per heavy atom. The number of amides is 3. The standard InChI is InChI=1S/C23H17Cl2N3O7/c24-12-1-6-16(15(25)9-12)34-10-18(29)26-11-23-8-7-17(35-23)19-20(23)22(31)27(21(19)30)13-2-4-14(5-3-13)28(32)33/h1-9,17,19-20H,10-11H2,(H,26,29)/t17-,19+,20+,23-/m1/s1. The van der Waals surface area contributed by atoms with Crippen molar-refractivity contribution in [3.63, 3.8) is 0 Å². The van der Waals surface area contributed by atoms with Crippen molar-refractivity contribution in [1.29, 1.82) is 0 Å². The molecule has 0 aromatic heterocycles. The van der Waals surface area contributed by atoms with Crippen LogP contribution in [0.15, 0.2) is 54.6 Å². The van der Waals surface area contributed by atoms with E-state index in [1.807, 2.05) is 0 Å². The van der Waals surface area contributed by atoms with Crippen LogP contribution >= 0.6 is 23.2 Å². The highest BCUT2D eigenvalue weighted by atomic mass is 35.5. The summed E-state index contributed by atoms with van der Waals surface area (Å²) in [5.74, 6) is -2.71. The van der Waals surface area contributed by atoms with E-state index in [-0.39, 0.29) is 35.3 Å². The lowest BCUT2D eigenvalue weighted by molar-refractivity contribution is -0.384. The summed E-state index contributed by atoms with van der Waals surface area (Å²) in [6.45, 7) is -0.384. The largest absolute Gasteiger partial charge is 0.482 e. The van der Waals surface area contributed by atoms with Gasteiger partial charge in [-0.3, -0.25) is 24.5 Å². The number of carbonyl (C=O) groups is 3. The van der Waals surface area contributed by atoms with Gasteiger partial charge in [-0.15, -0.1) is 0 Å². The quantitative estimate of drug-likeness (QED) is 0.258. The molecule has 0 saturated carbocycles. The first kappa shape index (κ1) is 23.3. The van der Waals surface area contributed by atoms with Crippen molar-refractivity contribution in [3.05, 3.63) is 74.8 Å². The second-order valence-corrected chi connectivity index (χ2v) is 9.17. The van der Waals surface area contributed by atoms with Crippen molar-refractivity contribution in [1.82, 2.24) is 5.32 Å². The summed E-state index contributed by atoms with van der Waals surface area (Å²) >= 11 is 11.9. The molecular formula is C23H17Cl2N3O7. The van der Waals surface area contributed by atoms with E-state index in [0.717, 1.165) is 4.90 Å². The topological polar surface area (TPSA) is 128 Å². The number of non-ortho nitro benzene ring substituents is 1. The van der Waals surface area contributed by atoms with Crippen LogP contribution < -0.4 is 15.0 Å². The molecule has 2 saturated heterocycles. The number of halogens is 2. The minimum atomic E-state index is -1.19. The molecule has 0 unspecified atom stereocenters. The van der Waals surface area contributed by atoms with Gasteiger partial charge in [0.1, 0.15) is 11.4 Å². The van der Waals surface area contributed by atoms with Gasteiger partial charge in [-0.05, 0) is 30.3 Å². The Morgan fingerprint density at radius 2 is 1.91 bits per heavy atom. The zero-order valence-electron chi connectivity index (χ0n) is 17.9. The molecule has 1 N–H and O–H groups in total. The van der Waals surface area contributed by atoms with Gasteiger partial charge in [0.25, 0.3) is 11.6 Å². The Balaban J connectivity index is 1.28. The van der Waals surface area contributed by atoms with Crippen LogP contribution in [0.3, 0.4) is 0 Å². The third kappa shape index (κ3) is 3.93. The minimum Gasteiger partial charge on any atom is -0.482 e. The number of rotatable bonds is 7. The first-order valence-corrected chi connectivity index (χ1v) is 11.3. The van der Waals surface area contributed by atoms with Gasteiger partial charge < -0.3 is 14.8 Å². The van der Waals surface area contributed by atoms with Gasteiger partial charge >= 0.3 is 0 Å². The monoisotopic (exact) mass is 517 g/mol. The number of nitrogens with one attached hydrogen (secondary N) is 1. The maximum Gasteiger partial charge on any atom is 0.269 e. The summed E-state index contributed by atoms with van der Waals surface area (Å²) < 4.78 is 11.4. The predicted octanol–water partition coefficient (Wildman–Crippen LogP) is 2.91. The fourth-order valence-corrected chi connectivity index (χ4v) is 5.17. The molecular weight excluding hydrogens is 501 g/mol. The van der Waals surface area contributed by atoms with Gasteiger partial charge in [-0.25, -0.2) is 4.90 Å². The zero-order chi connectivity index (χ0) is 24.9. The van der Waals surface area contributed by atoms with Crippen LogP contribution in [0.4, 0.5) is 11.4 Å². The maximum atomic E-state index is 13.3. The van der Waals surface area contributed by atoms with Crippen LogP contribution in [0.5, 0.6) is 5.75 Å². The molecule has 3 aliphatic heterocycles. The van der Waals surface area contributed by atoms with Crippen molar-refractivity contribution < 1.29 is 28.8 Å². The SMILES string of the molecule is O=C(COc1ccc(Cl)cc1Cl)NC[C@@]12C=C[C@@H](O1)[C@@H]1C(=O)N(c3ccc([N+](=O)[O-])cc3)C(=O)[C@H]12. The van der Waals surface area contributed by atoms with Crippen molar-refractivity contribution in [2.45, 2.75) is 11.7 Å². The molecule has 35 heavy (non-hydrogen) atoms. The average Bonchev–Trinajstić information content (AvgIpc) is 3.47. The van der Waals surface area contributed by atoms with Gasteiger partial charge in [0.2, 0.25) is 11.8 Å². The summed E-state index contributed by atoms with van der Waals surface area (Å²) in [6.07, 6.45) is 2.79. The second kappa shape index (κ2) is 8.63. The van der Waals surface area contributed by atoms with E-state index in [1.165, 1.54) is 30.3 Å². The molecule has 2 aromatic rings.